The molecule has 0 rings (SSSR count). The molecule has 420 valence electrons. The molecule has 0 spiro atoms. The van der Waals surface area contributed by atoms with E-state index in [1.807, 2.05) is 0 Å². The van der Waals surface area contributed by atoms with Gasteiger partial charge in [0.1, 0.15) is 13.2 Å². The summed E-state index contributed by atoms with van der Waals surface area (Å²) in [6.07, 6.45) is 80.0. The van der Waals surface area contributed by atoms with Gasteiger partial charge >= 0.3 is 17.9 Å². The molecule has 0 bridgehead atoms. The highest BCUT2D eigenvalue weighted by atomic mass is 16.6. The Morgan fingerprint density at radius 2 is 0.493 bits per heavy atom. The van der Waals surface area contributed by atoms with Crippen LogP contribution in [0.2, 0.25) is 0 Å². The number of ether oxygens (including phenoxy) is 3. The Morgan fingerprint density at radius 3 is 0.808 bits per heavy atom. The van der Waals surface area contributed by atoms with Crippen molar-refractivity contribution in [1.29, 1.82) is 0 Å². The molecule has 0 saturated carbocycles. The summed E-state index contributed by atoms with van der Waals surface area (Å²) in [5.74, 6) is -0.937. The Labute approximate surface area is 452 Å². The van der Waals surface area contributed by atoms with Crippen molar-refractivity contribution >= 4 is 17.9 Å². The summed E-state index contributed by atoms with van der Waals surface area (Å²) in [7, 11) is 0. The van der Waals surface area contributed by atoms with Crippen molar-refractivity contribution in [1.82, 2.24) is 0 Å². The Bertz CT molecular complexity index is 1400. The highest BCUT2D eigenvalue weighted by Crippen LogP contribution is 2.16. The fraction of sp³-hybridized carbons (Fsp3) is 0.746. The summed E-state index contributed by atoms with van der Waals surface area (Å²) in [5.41, 5.74) is 0. The van der Waals surface area contributed by atoms with Crippen LogP contribution in [0.15, 0.2) is 85.1 Å². The van der Waals surface area contributed by atoms with Crippen LogP contribution < -0.4 is 0 Å². The standard InChI is InChI=1S/C67H116O6/c1-4-7-10-13-16-19-22-25-28-31-33-36-39-42-45-48-51-54-57-60-66(69)72-63-64(62-71-65(68)59-56-53-50-47-44-41-38-35-30-27-24-21-18-15-12-9-6-3)73-67(70)61-58-55-52-49-46-43-40-37-34-32-29-26-23-20-17-14-11-8-5-2/h17-18,20-21,26-27,29-30,34,37-38,41,43,46,64H,4-16,19,22-25,28,31-33,35-36,39-40,42,44-45,47-63H2,1-3H3/b20-17-,21-18-,29-26-,30-27-,37-34-,41-38-,46-43-/t64-/m1/s1. The summed E-state index contributed by atoms with van der Waals surface area (Å²) in [5, 5.41) is 0. The molecule has 0 radical (unpaired) electrons. The SMILES string of the molecule is CCCCC/C=C\C/C=C\C/C=C\C/C=C\CCCCCC(=O)O[C@H](COC(=O)CCCCCC/C=C\C/C=C\C/C=C\CCCCC)COC(=O)CCCCCCCCCCCCCCCCCCCCC. The molecule has 0 aliphatic heterocycles. The average Bonchev–Trinajstić information content (AvgIpc) is 3.39. The van der Waals surface area contributed by atoms with Gasteiger partial charge < -0.3 is 14.2 Å². The lowest BCUT2D eigenvalue weighted by molar-refractivity contribution is -0.167. The van der Waals surface area contributed by atoms with Crippen LogP contribution in [0.4, 0.5) is 0 Å². The van der Waals surface area contributed by atoms with E-state index in [2.05, 4.69) is 106 Å². The predicted octanol–water partition coefficient (Wildman–Crippen LogP) is 21.1. The van der Waals surface area contributed by atoms with Crippen molar-refractivity contribution in [3.05, 3.63) is 85.1 Å². The van der Waals surface area contributed by atoms with Crippen LogP contribution >= 0.6 is 0 Å². The number of carbonyl (C=O) groups excluding carboxylic acids is 3. The first-order chi connectivity index (χ1) is 36.0. The highest BCUT2D eigenvalue weighted by molar-refractivity contribution is 5.71. The Morgan fingerprint density at radius 1 is 0.274 bits per heavy atom. The Hall–Kier alpha value is -3.41. The van der Waals surface area contributed by atoms with Crippen molar-refractivity contribution < 1.29 is 28.6 Å². The molecule has 1 atom stereocenters. The average molecular weight is 1020 g/mol. The summed E-state index contributed by atoms with van der Waals surface area (Å²) < 4.78 is 16.9. The van der Waals surface area contributed by atoms with Gasteiger partial charge in [-0.1, -0.05) is 266 Å². The maximum absolute atomic E-state index is 12.9. The summed E-state index contributed by atoms with van der Waals surface area (Å²) in [4.78, 5) is 38.3. The third-order valence-electron chi connectivity index (χ3n) is 13.4. The smallest absolute Gasteiger partial charge is 0.306 e. The minimum Gasteiger partial charge on any atom is -0.462 e. The van der Waals surface area contributed by atoms with Gasteiger partial charge in [-0.05, 0) is 103 Å². The molecule has 0 amide bonds. The van der Waals surface area contributed by atoms with Crippen LogP contribution in [0.1, 0.15) is 303 Å². The van der Waals surface area contributed by atoms with Gasteiger partial charge in [0, 0.05) is 19.3 Å². The molecular weight excluding hydrogens is 901 g/mol. The van der Waals surface area contributed by atoms with Crippen molar-refractivity contribution in [2.45, 2.75) is 309 Å². The number of carbonyl (C=O) groups is 3. The molecule has 0 heterocycles. The fourth-order valence-electron chi connectivity index (χ4n) is 8.67. The van der Waals surface area contributed by atoms with E-state index >= 15 is 0 Å². The lowest BCUT2D eigenvalue weighted by Gasteiger charge is -2.18. The second-order valence-electron chi connectivity index (χ2n) is 20.6. The molecule has 0 aliphatic carbocycles. The maximum atomic E-state index is 12.9. The molecule has 0 aromatic rings. The minimum absolute atomic E-state index is 0.0947. The van der Waals surface area contributed by atoms with E-state index < -0.39 is 6.10 Å². The van der Waals surface area contributed by atoms with Gasteiger partial charge in [-0.15, -0.1) is 0 Å². The predicted molar refractivity (Wildman–Crippen MR) is 316 cm³/mol. The molecule has 6 heteroatoms. The lowest BCUT2D eigenvalue weighted by atomic mass is 10.0. The number of hydrogen-bond donors (Lipinski definition) is 0. The van der Waals surface area contributed by atoms with Gasteiger partial charge in [-0.25, -0.2) is 0 Å². The third-order valence-corrected chi connectivity index (χ3v) is 13.4. The number of allylic oxidation sites excluding steroid dienone is 14. The zero-order valence-electron chi connectivity index (χ0n) is 48.1. The van der Waals surface area contributed by atoms with Crippen molar-refractivity contribution in [2.75, 3.05) is 13.2 Å². The molecular formula is C67H116O6. The topological polar surface area (TPSA) is 78.9 Å². The second-order valence-corrected chi connectivity index (χ2v) is 20.6. The van der Waals surface area contributed by atoms with Crippen LogP contribution in [0.25, 0.3) is 0 Å². The first kappa shape index (κ1) is 69.6. The van der Waals surface area contributed by atoms with E-state index in [1.54, 1.807) is 0 Å². The number of hydrogen-bond acceptors (Lipinski definition) is 6. The van der Waals surface area contributed by atoms with Gasteiger partial charge in [-0.2, -0.15) is 0 Å². The molecule has 0 fully saturated rings. The Kier molecular flexibility index (Phi) is 58.3. The summed E-state index contributed by atoms with van der Waals surface area (Å²) >= 11 is 0. The summed E-state index contributed by atoms with van der Waals surface area (Å²) in [6.45, 7) is 6.57. The van der Waals surface area contributed by atoms with Crippen LogP contribution in [0.3, 0.4) is 0 Å². The molecule has 6 nitrogen and oxygen atoms in total. The quantitative estimate of drug-likeness (QED) is 0.0261. The largest absolute Gasteiger partial charge is 0.462 e. The van der Waals surface area contributed by atoms with Crippen molar-refractivity contribution in [3.8, 4) is 0 Å². The van der Waals surface area contributed by atoms with Crippen LogP contribution in [-0.2, 0) is 28.6 Å². The van der Waals surface area contributed by atoms with E-state index in [0.29, 0.717) is 12.8 Å². The Balaban J connectivity index is 4.46. The van der Waals surface area contributed by atoms with E-state index in [-0.39, 0.29) is 37.5 Å². The second kappa shape index (κ2) is 61.1. The van der Waals surface area contributed by atoms with E-state index in [4.69, 9.17) is 14.2 Å². The first-order valence-electron chi connectivity index (χ1n) is 31.1. The van der Waals surface area contributed by atoms with E-state index in [1.165, 1.54) is 154 Å². The molecule has 0 N–H and O–H groups in total. The highest BCUT2D eigenvalue weighted by Gasteiger charge is 2.19. The molecule has 0 aromatic carbocycles. The van der Waals surface area contributed by atoms with Crippen molar-refractivity contribution in [3.63, 3.8) is 0 Å². The summed E-state index contributed by atoms with van der Waals surface area (Å²) in [6, 6.07) is 0. The van der Waals surface area contributed by atoms with Gasteiger partial charge in [-0.3, -0.25) is 14.4 Å². The van der Waals surface area contributed by atoms with Crippen LogP contribution in [0.5, 0.6) is 0 Å². The number of esters is 3. The normalized spacial score (nSPS) is 12.6. The fourth-order valence-corrected chi connectivity index (χ4v) is 8.67. The van der Waals surface area contributed by atoms with Crippen molar-refractivity contribution in [2.24, 2.45) is 0 Å². The van der Waals surface area contributed by atoms with Gasteiger partial charge in [0.15, 0.2) is 6.10 Å². The monoisotopic (exact) mass is 1020 g/mol. The minimum atomic E-state index is -0.803. The third kappa shape index (κ3) is 59.3. The van der Waals surface area contributed by atoms with Gasteiger partial charge in [0.2, 0.25) is 0 Å². The molecule has 0 aromatic heterocycles. The first-order valence-corrected chi connectivity index (χ1v) is 31.1. The molecule has 0 aliphatic rings. The zero-order chi connectivity index (χ0) is 52.9. The molecule has 0 unspecified atom stereocenters. The van der Waals surface area contributed by atoms with Crippen LogP contribution in [0, 0.1) is 0 Å². The van der Waals surface area contributed by atoms with Crippen LogP contribution in [-0.4, -0.2) is 37.2 Å². The van der Waals surface area contributed by atoms with E-state index in [9.17, 15) is 14.4 Å². The molecule has 73 heavy (non-hydrogen) atoms. The van der Waals surface area contributed by atoms with E-state index in [0.717, 1.165) is 109 Å². The lowest BCUT2D eigenvalue weighted by Crippen LogP contribution is -2.30. The number of rotatable bonds is 56. The molecule has 0 saturated heterocycles. The zero-order valence-corrected chi connectivity index (χ0v) is 48.1. The van der Waals surface area contributed by atoms with Gasteiger partial charge in [0.05, 0.1) is 0 Å². The van der Waals surface area contributed by atoms with Gasteiger partial charge in [0.25, 0.3) is 0 Å². The maximum Gasteiger partial charge on any atom is 0.306 e. The number of unbranched alkanes of at least 4 members (excludes halogenated alkanes) is 31.